The molecule has 7 rings (SSSR count). The van der Waals surface area contributed by atoms with Crippen molar-refractivity contribution in [3.05, 3.63) is 81.9 Å². The number of benzene rings is 2. The molecule has 3 aliphatic rings. The van der Waals surface area contributed by atoms with Crippen molar-refractivity contribution in [2.75, 3.05) is 18.0 Å². The summed E-state index contributed by atoms with van der Waals surface area (Å²) in [4.78, 5) is 48.8. The van der Waals surface area contributed by atoms with Crippen molar-refractivity contribution in [1.29, 1.82) is 0 Å². The molecule has 48 heavy (non-hydrogen) atoms. The minimum atomic E-state index is -5.40. The Morgan fingerprint density at radius 3 is 2.60 bits per heavy atom. The number of alkyl halides is 3. The van der Waals surface area contributed by atoms with Crippen LogP contribution in [0.1, 0.15) is 46.6 Å². The Morgan fingerprint density at radius 2 is 1.94 bits per heavy atom. The maximum absolute atomic E-state index is 14.9. The summed E-state index contributed by atoms with van der Waals surface area (Å²) < 4.78 is 64.5. The Hall–Kier alpha value is -4.82. The molecule has 2 aromatic heterocycles. The number of carbonyl (C=O) groups excluding carboxylic acids is 3. The smallest absolute Gasteiger partial charge is 0.424 e. The standard InChI is InChI=1S/C33H26ClF4N5O5/c1-15-4-5-16-9-18(11-22(26(16)41-15)43-8-2-3-25(43)44)29(45)40-14-32(47,33(36,37)38)23-12-19-28(48-24-13-31(19,24)30(39)46)27(42-23)17-6-7-21(35)20(34)10-17/h4-7,9-12,24,47H,2-3,8,13-14H2,1H3,(H2,39,46)(H,40,45)/t24?,31-,32?/m1/s1. The van der Waals surface area contributed by atoms with Gasteiger partial charge in [-0.1, -0.05) is 17.7 Å². The molecule has 3 amide bonds. The van der Waals surface area contributed by atoms with Gasteiger partial charge in [-0.15, -0.1) is 0 Å². The quantitative estimate of drug-likeness (QED) is 0.242. The Labute approximate surface area is 274 Å². The van der Waals surface area contributed by atoms with Crippen molar-refractivity contribution in [3.8, 4) is 17.0 Å². The first-order valence-corrected chi connectivity index (χ1v) is 15.3. The van der Waals surface area contributed by atoms with Crippen molar-refractivity contribution in [2.24, 2.45) is 5.73 Å². The molecule has 0 bridgehead atoms. The summed E-state index contributed by atoms with van der Waals surface area (Å²) in [5.41, 5.74) is 0.645. The zero-order chi connectivity index (χ0) is 34.3. The van der Waals surface area contributed by atoms with E-state index in [1.165, 1.54) is 23.1 Å². The molecule has 2 aromatic carbocycles. The van der Waals surface area contributed by atoms with Crippen molar-refractivity contribution in [2.45, 2.75) is 49.5 Å². The molecule has 2 aliphatic heterocycles. The highest BCUT2D eigenvalue weighted by Crippen LogP contribution is 2.61. The van der Waals surface area contributed by atoms with E-state index in [0.29, 0.717) is 41.7 Å². The third-order valence-corrected chi connectivity index (χ3v) is 9.47. The predicted octanol–water partition coefficient (Wildman–Crippen LogP) is 4.59. The van der Waals surface area contributed by atoms with Gasteiger partial charge in [0.1, 0.15) is 23.0 Å². The molecule has 2 fully saturated rings. The lowest BCUT2D eigenvalue weighted by molar-refractivity contribution is -0.265. The fourth-order valence-electron chi connectivity index (χ4n) is 6.43. The van der Waals surface area contributed by atoms with Crippen molar-refractivity contribution >= 4 is 45.9 Å². The van der Waals surface area contributed by atoms with Gasteiger partial charge in [0.15, 0.2) is 5.75 Å². The molecule has 1 saturated heterocycles. The molecule has 4 aromatic rings. The molecule has 0 spiro atoms. The Kier molecular flexibility index (Phi) is 7.18. The van der Waals surface area contributed by atoms with E-state index in [0.717, 1.165) is 18.2 Å². The minimum absolute atomic E-state index is 0.0216. The number of nitrogens with one attached hydrogen (secondary N) is 1. The molecular formula is C33H26ClF4N5O5. The van der Waals surface area contributed by atoms with E-state index < -0.39 is 53.2 Å². The molecule has 248 valence electrons. The maximum atomic E-state index is 14.9. The van der Waals surface area contributed by atoms with E-state index in [2.05, 4.69) is 15.3 Å². The van der Waals surface area contributed by atoms with Gasteiger partial charge in [-0.05, 0) is 55.8 Å². The van der Waals surface area contributed by atoms with Crippen molar-refractivity contribution < 1.29 is 41.8 Å². The van der Waals surface area contributed by atoms with Crippen molar-refractivity contribution in [3.63, 3.8) is 0 Å². The molecule has 2 unspecified atom stereocenters. The van der Waals surface area contributed by atoms with Crippen LogP contribution in [0.15, 0.2) is 48.5 Å². The van der Waals surface area contributed by atoms with Crippen LogP contribution in [0.3, 0.4) is 0 Å². The lowest BCUT2D eigenvalue weighted by atomic mass is 9.89. The van der Waals surface area contributed by atoms with Crippen LogP contribution in [0.25, 0.3) is 22.2 Å². The number of hydrogen-bond acceptors (Lipinski definition) is 7. The zero-order valence-electron chi connectivity index (χ0n) is 25.1. The average molecular weight is 684 g/mol. The van der Waals surface area contributed by atoms with Gasteiger partial charge in [-0.2, -0.15) is 13.2 Å². The van der Waals surface area contributed by atoms with Crippen LogP contribution < -0.4 is 20.7 Å². The topological polar surface area (TPSA) is 148 Å². The average Bonchev–Trinajstić information content (AvgIpc) is 3.46. The Bertz CT molecular complexity index is 2080. The number of aliphatic hydroxyl groups is 1. The number of anilines is 1. The van der Waals surface area contributed by atoms with E-state index in [9.17, 15) is 37.1 Å². The molecule has 1 saturated carbocycles. The summed E-state index contributed by atoms with van der Waals surface area (Å²) >= 11 is 5.96. The molecule has 1 aliphatic carbocycles. The third kappa shape index (κ3) is 4.84. The van der Waals surface area contributed by atoms with E-state index >= 15 is 0 Å². The molecular weight excluding hydrogens is 658 g/mol. The number of halogens is 5. The number of pyridine rings is 2. The molecule has 4 heterocycles. The summed E-state index contributed by atoms with van der Waals surface area (Å²) in [6, 6.07) is 10.4. The van der Waals surface area contributed by atoms with Crippen LogP contribution in [0.4, 0.5) is 23.2 Å². The van der Waals surface area contributed by atoms with E-state index in [1.807, 2.05) is 0 Å². The molecule has 4 N–H and O–H groups in total. The van der Waals surface area contributed by atoms with E-state index in [-0.39, 0.29) is 45.5 Å². The van der Waals surface area contributed by atoms with E-state index in [4.69, 9.17) is 22.1 Å². The summed E-state index contributed by atoms with van der Waals surface area (Å²) in [6.07, 6.45) is -5.19. The number of nitrogens with two attached hydrogens (primary N) is 1. The minimum Gasteiger partial charge on any atom is -0.486 e. The first-order chi connectivity index (χ1) is 22.6. The highest BCUT2D eigenvalue weighted by atomic mass is 35.5. The van der Waals surface area contributed by atoms with Crippen LogP contribution >= 0.6 is 11.6 Å². The number of primary amides is 1. The first kappa shape index (κ1) is 31.8. The molecule has 3 atom stereocenters. The second-order valence-electron chi connectivity index (χ2n) is 12.2. The van der Waals surface area contributed by atoms with Crippen LogP contribution in [0.5, 0.6) is 5.75 Å². The van der Waals surface area contributed by atoms with Gasteiger partial charge >= 0.3 is 6.18 Å². The van der Waals surface area contributed by atoms with Crippen LogP contribution in [0, 0.1) is 12.7 Å². The number of rotatable bonds is 7. The largest absolute Gasteiger partial charge is 0.486 e. The van der Waals surface area contributed by atoms with Gasteiger partial charge < -0.3 is 25.8 Å². The van der Waals surface area contributed by atoms with Crippen molar-refractivity contribution in [1.82, 2.24) is 15.3 Å². The second-order valence-corrected chi connectivity index (χ2v) is 12.6. The van der Waals surface area contributed by atoms with Crippen LogP contribution in [0.2, 0.25) is 5.02 Å². The predicted molar refractivity (Wildman–Crippen MR) is 165 cm³/mol. The van der Waals surface area contributed by atoms with Gasteiger partial charge in [0.05, 0.1) is 28.5 Å². The lowest BCUT2D eigenvalue weighted by Crippen LogP contribution is -2.51. The van der Waals surface area contributed by atoms with E-state index in [1.54, 1.807) is 19.1 Å². The van der Waals surface area contributed by atoms with Crippen LogP contribution in [-0.4, -0.2) is 58.2 Å². The normalized spacial score (nSPS) is 21.0. The summed E-state index contributed by atoms with van der Waals surface area (Å²) in [7, 11) is 0. The monoisotopic (exact) mass is 683 g/mol. The van der Waals surface area contributed by atoms with Gasteiger partial charge in [0, 0.05) is 47.2 Å². The SMILES string of the molecule is Cc1ccc2cc(C(=O)NCC(O)(c3cc4c(c(-c5ccc(F)c(Cl)c5)n3)OC3C[C@@]43C(N)=O)C(F)(F)F)cc(N3CCCC3=O)c2n1. The number of aromatic nitrogens is 2. The fraction of sp³-hybridized carbons (Fsp3) is 0.303. The third-order valence-electron chi connectivity index (χ3n) is 9.18. The number of fused-ring (bicyclic) bond motifs is 4. The second kappa shape index (κ2) is 10.9. The van der Waals surface area contributed by atoms with Gasteiger partial charge in [0.25, 0.3) is 5.91 Å². The highest BCUT2D eigenvalue weighted by Gasteiger charge is 2.69. The van der Waals surface area contributed by atoms with Gasteiger partial charge in [-0.25, -0.2) is 9.37 Å². The number of hydrogen-bond donors (Lipinski definition) is 3. The van der Waals surface area contributed by atoms with Gasteiger partial charge in [0.2, 0.25) is 17.4 Å². The molecule has 10 nitrogen and oxygen atoms in total. The molecule has 15 heteroatoms. The number of amides is 3. The molecule has 0 radical (unpaired) electrons. The number of carbonyl (C=O) groups is 3. The summed E-state index contributed by atoms with van der Waals surface area (Å²) in [5.74, 6) is -2.84. The van der Waals surface area contributed by atoms with Crippen LogP contribution in [-0.2, 0) is 20.6 Å². The number of aryl methyl sites for hydroxylation is 1. The summed E-state index contributed by atoms with van der Waals surface area (Å²) in [5, 5.41) is 13.7. The Balaban J connectivity index is 1.29. The summed E-state index contributed by atoms with van der Waals surface area (Å²) in [6.45, 7) is 0.754. The maximum Gasteiger partial charge on any atom is 0.424 e. The first-order valence-electron chi connectivity index (χ1n) is 14.9. The van der Waals surface area contributed by atoms with Gasteiger partial charge in [-0.3, -0.25) is 19.4 Å². The zero-order valence-corrected chi connectivity index (χ0v) is 25.9. The number of ether oxygens (including phenoxy) is 1. The highest BCUT2D eigenvalue weighted by molar-refractivity contribution is 6.31. The fourth-order valence-corrected chi connectivity index (χ4v) is 6.61. The number of nitrogens with zero attached hydrogens (tertiary/aromatic N) is 3. The lowest BCUT2D eigenvalue weighted by Gasteiger charge is -2.31. The Morgan fingerprint density at radius 1 is 1.17 bits per heavy atom.